The van der Waals surface area contributed by atoms with E-state index in [0.29, 0.717) is 22.2 Å². The molecule has 0 aliphatic carbocycles. The Balaban J connectivity index is 1.72. The molecule has 178 valence electrons. The van der Waals surface area contributed by atoms with E-state index >= 15 is 0 Å². The van der Waals surface area contributed by atoms with E-state index < -0.39 is 30.0 Å². The zero-order valence-corrected chi connectivity index (χ0v) is 19.0. The molecule has 0 fully saturated rings. The van der Waals surface area contributed by atoms with Crippen molar-refractivity contribution in [2.75, 3.05) is 7.11 Å². The Hall–Kier alpha value is -3.46. The maximum absolute atomic E-state index is 14.3. The van der Waals surface area contributed by atoms with Crippen molar-refractivity contribution in [1.29, 1.82) is 0 Å². The summed E-state index contributed by atoms with van der Waals surface area (Å²) in [7, 11) is 1.47. The molecule has 4 rings (SSSR count). The molecule has 6 nitrogen and oxygen atoms in total. The third kappa shape index (κ3) is 4.61. The van der Waals surface area contributed by atoms with Crippen LogP contribution in [0.4, 0.5) is 13.2 Å². The Morgan fingerprint density at radius 2 is 1.71 bits per heavy atom. The van der Waals surface area contributed by atoms with Gasteiger partial charge in [0.15, 0.2) is 5.60 Å². The summed E-state index contributed by atoms with van der Waals surface area (Å²) in [5, 5.41) is 11.7. The van der Waals surface area contributed by atoms with E-state index in [4.69, 9.17) is 4.74 Å². The third-order valence-electron chi connectivity index (χ3n) is 6.04. The van der Waals surface area contributed by atoms with Crippen LogP contribution in [0.2, 0.25) is 0 Å². The number of aromatic nitrogens is 4. The van der Waals surface area contributed by atoms with E-state index in [9.17, 15) is 18.3 Å². The number of rotatable bonds is 7. The Morgan fingerprint density at radius 1 is 0.971 bits per heavy atom. The number of aliphatic hydroxyl groups is 1. The molecule has 1 atom stereocenters. The summed E-state index contributed by atoms with van der Waals surface area (Å²) >= 11 is 0. The first-order chi connectivity index (χ1) is 16.0. The van der Waals surface area contributed by atoms with E-state index in [1.807, 2.05) is 0 Å². The van der Waals surface area contributed by atoms with Crippen LogP contribution in [0.1, 0.15) is 31.5 Å². The SMILES string of the molecule is COc1ccc(-c2cncnc2)cc1C(C)(C)CC(O)(Cc1cc2cnccc2[nH]1)C(F)(F)F. The van der Waals surface area contributed by atoms with Gasteiger partial charge in [-0.2, -0.15) is 13.2 Å². The van der Waals surface area contributed by atoms with Crippen molar-refractivity contribution in [3.05, 3.63) is 72.7 Å². The van der Waals surface area contributed by atoms with Crippen LogP contribution in [-0.2, 0) is 11.8 Å². The fourth-order valence-electron chi connectivity index (χ4n) is 4.40. The number of hydrogen-bond donors (Lipinski definition) is 2. The Kier molecular flexibility index (Phi) is 6.07. The second-order valence-corrected chi connectivity index (χ2v) is 9.07. The fraction of sp³-hybridized carbons (Fsp3) is 0.320. The molecule has 4 aromatic rings. The molecule has 0 saturated heterocycles. The molecule has 0 saturated carbocycles. The van der Waals surface area contributed by atoms with E-state index in [2.05, 4.69) is 19.9 Å². The van der Waals surface area contributed by atoms with Gasteiger partial charge in [0.2, 0.25) is 0 Å². The van der Waals surface area contributed by atoms with Gasteiger partial charge in [0.1, 0.15) is 12.1 Å². The first-order valence-corrected chi connectivity index (χ1v) is 10.7. The second kappa shape index (κ2) is 8.72. The van der Waals surface area contributed by atoms with Gasteiger partial charge in [0, 0.05) is 58.9 Å². The Morgan fingerprint density at radius 3 is 2.35 bits per heavy atom. The van der Waals surface area contributed by atoms with Gasteiger partial charge < -0.3 is 14.8 Å². The lowest BCUT2D eigenvalue weighted by Gasteiger charge is -2.38. The van der Waals surface area contributed by atoms with E-state index in [0.717, 1.165) is 11.1 Å². The van der Waals surface area contributed by atoms with Crippen molar-refractivity contribution in [2.45, 2.75) is 43.9 Å². The van der Waals surface area contributed by atoms with E-state index in [1.54, 1.807) is 69.0 Å². The molecule has 1 unspecified atom stereocenters. The molecule has 0 bridgehead atoms. The number of H-pyrrole nitrogens is 1. The summed E-state index contributed by atoms with van der Waals surface area (Å²) in [6.45, 7) is 3.34. The van der Waals surface area contributed by atoms with Gasteiger partial charge in [-0.25, -0.2) is 9.97 Å². The lowest BCUT2D eigenvalue weighted by Crippen LogP contribution is -2.51. The van der Waals surface area contributed by atoms with Crippen LogP contribution in [0.15, 0.2) is 61.4 Å². The summed E-state index contributed by atoms with van der Waals surface area (Å²) in [5.41, 5.74) is -1.15. The third-order valence-corrected chi connectivity index (χ3v) is 6.04. The Labute approximate surface area is 194 Å². The number of halogens is 3. The Bertz CT molecular complexity index is 1260. The summed E-state index contributed by atoms with van der Waals surface area (Å²) in [5.74, 6) is 0.437. The largest absolute Gasteiger partial charge is 0.496 e. The molecule has 0 spiro atoms. The summed E-state index contributed by atoms with van der Waals surface area (Å²) < 4.78 is 48.4. The number of fused-ring (bicyclic) bond motifs is 1. The van der Waals surface area contributed by atoms with Gasteiger partial charge >= 0.3 is 6.18 Å². The van der Waals surface area contributed by atoms with Gasteiger partial charge in [-0.05, 0) is 41.7 Å². The number of aromatic amines is 1. The smallest absolute Gasteiger partial charge is 0.417 e. The zero-order valence-electron chi connectivity index (χ0n) is 19.0. The van der Waals surface area contributed by atoms with Gasteiger partial charge in [0.25, 0.3) is 0 Å². The zero-order chi connectivity index (χ0) is 24.6. The molecule has 2 N–H and O–H groups in total. The maximum Gasteiger partial charge on any atom is 0.417 e. The van der Waals surface area contributed by atoms with Crippen molar-refractivity contribution in [3.8, 4) is 16.9 Å². The van der Waals surface area contributed by atoms with E-state index in [1.165, 1.54) is 13.4 Å². The van der Waals surface area contributed by atoms with Crippen molar-refractivity contribution >= 4 is 10.9 Å². The standard InChI is InChI=1S/C25H25F3N4O2/c1-23(2,20-9-16(4-5-22(20)34-3)18-12-30-15-31-13-18)14-24(33,25(26,27)28)10-19-8-17-11-29-7-6-21(17)32-19/h4-9,11-13,15,32-33H,10,14H2,1-3H3. The van der Waals surface area contributed by atoms with Crippen LogP contribution in [0.3, 0.4) is 0 Å². The van der Waals surface area contributed by atoms with Crippen LogP contribution in [-0.4, -0.2) is 43.9 Å². The minimum absolute atomic E-state index is 0.278. The average molecular weight is 470 g/mol. The molecule has 3 aromatic heterocycles. The molecule has 9 heteroatoms. The number of hydrogen-bond acceptors (Lipinski definition) is 5. The van der Waals surface area contributed by atoms with Crippen molar-refractivity contribution in [1.82, 2.24) is 19.9 Å². The first-order valence-electron chi connectivity index (χ1n) is 10.7. The number of ether oxygens (including phenoxy) is 1. The van der Waals surface area contributed by atoms with Crippen LogP contribution < -0.4 is 4.74 Å². The average Bonchev–Trinajstić information content (AvgIpc) is 3.20. The molecular formula is C25H25F3N4O2. The number of pyridine rings is 1. The number of nitrogens with one attached hydrogen (secondary N) is 1. The highest BCUT2D eigenvalue weighted by Crippen LogP contribution is 2.45. The van der Waals surface area contributed by atoms with Gasteiger partial charge in [0.05, 0.1) is 7.11 Å². The van der Waals surface area contributed by atoms with Crippen LogP contribution in [0, 0.1) is 0 Å². The molecule has 0 aliphatic heterocycles. The molecule has 3 heterocycles. The van der Waals surface area contributed by atoms with Crippen molar-refractivity contribution < 1.29 is 23.0 Å². The molecule has 34 heavy (non-hydrogen) atoms. The normalized spacial score (nSPS) is 14.2. The molecule has 1 aromatic carbocycles. The predicted octanol–water partition coefficient (Wildman–Crippen LogP) is 5.23. The number of benzene rings is 1. The molecular weight excluding hydrogens is 445 g/mol. The lowest BCUT2D eigenvalue weighted by atomic mass is 9.72. The topological polar surface area (TPSA) is 83.9 Å². The maximum atomic E-state index is 14.3. The minimum Gasteiger partial charge on any atom is -0.496 e. The van der Waals surface area contributed by atoms with Gasteiger partial charge in [-0.15, -0.1) is 0 Å². The summed E-state index contributed by atoms with van der Waals surface area (Å²) in [4.78, 5) is 15.0. The fourth-order valence-corrected chi connectivity index (χ4v) is 4.40. The lowest BCUT2D eigenvalue weighted by molar-refractivity contribution is -0.266. The highest BCUT2D eigenvalue weighted by atomic mass is 19.4. The van der Waals surface area contributed by atoms with E-state index in [-0.39, 0.29) is 5.69 Å². The quantitative estimate of drug-likeness (QED) is 0.386. The second-order valence-electron chi connectivity index (χ2n) is 9.07. The highest BCUT2D eigenvalue weighted by molar-refractivity contribution is 5.79. The summed E-state index contributed by atoms with van der Waals surface area (Å²) in [6.07, 6.45) is 1.71. The van der Waals surface area contributed by atoms with Gasteiger partial charge in [-0.1, -0.05) is 19.9 Å². The number of methoxy groups -OCH3 is 1. The van der Waals surface area contributed by atoms with Crippen LogP contribution in [0.5, 0.6) is 5.75 Å². The van der Waals surface area contributed by atoms with Gasteiger partial charge in [-0.3, -0.25) is 4.98 Å². The van der Waals surface area contributed by atoms with Crippen molar-refractivity contribution in [2.24, 2.45) is 0 Å². The van der Waals surface area contributed by atoms with Crippen molar-refractivity contribution in [3.63, 3.8) is 0 Å². The highest BCUT2D eigenvalue weighted by Gasteiger charge is 2.56. The molecule has 0 aliphatic rings. The first kappa shape index (κ1) is 23.7. The van der Waals surface area contributed by atoms with Crippen LogP contribution in [0.25, 0.3) is 22.0 Å². The molecule has 0 amide bonds. The summed E-state index contributed by atoms with van der Waals surface area (Å²) in [6, 6.07) is 8.53. The minimum atomic E-state index is -4.86. The molecule has 0 radical (unpaired) electrons. The monoisotopic (exact) mass is 470 g/mol. The van der Waals surface area contributed by atoms with Crippen LogP contribution >= 0.6 is 0 Å². The number of nitrogens with zero attached hydrogens (tertiary/aromatic N) is 3. The predicted molar refractivity (Wildman–Crippen MR) is 122 cm³/mol. The number of alkyl halides is 3.